The third-order valence-corrected chi connectivity index (χ3v) is 5.17. The van der Waals surface area contributed by atoms with Gasteiger partial charge in [0, 0.05) is 11.3 Å². The number of hydrogen-bond donors (Lipinski definition) is 2. The molecular weight excluding hydrogens is 380 g/mol. The lowest BCUT2D eigenvalue weighted by Crippen LogP contribution is -2.44. The minimum absolute atomic E-state index is 0.212. The zero-order chi connectivity index (χ0) is 20.5. The molecule has 0 fully saturated rings. The molecule has 0 aromatic heterocycles. The van der Waals surface area contributed by atoms with Crippen LogP contribution in [0, 0.1) is 0 Å². The van der Waals surface area contributed by atoms with Crippen LogP contribution in [0.1, 0.15) is 16.8 Å². The maximum atomic E-state index is 12.8. The molecule has 3 rings (SSSR count). The SMILES string of the molecule is CSCC[C@H](NC(=O)c1ccccc1)C(=O)Nc1ccc(-c2ccccc2)cc1. The van der Waals surface area contributed by atoms with Crippen LogP contribution in [0.2, 0.25) is 0 Å². The van der Waals surface area contributed by atoms with Gasteiger partial charge < -0.3 is 10.6 Å². The zero-order valence-corrected chi connectivity index (χ0v) is 17.1. The molecule has 0 aliphatic heterocycles. The molecule has 4 nitrogen and oxygen atoms in total. The van der Waals surface area contributed by atoms with Gasteiger partial charge in [0.2, 0.25) is 5.91 Å². The molecule has 0 bridgehead atoms. The number of anilines is 1. The minimum atomic E-state index is -0.594. The molecule has 5 heteroatoms. The van der Waals surface area contributed by atoms with E-state index in [4.69, 9.17) is 0 Å². The van der Waals surface area contributed by atoms with Crippen LogP contribution in [0.3, 0.4) is 0 Å². The van der Waals surface area contributed by atoms with E-state index in [0.29, 0.717) is 17.7 Å². The lowest BCUT2D eigenvalue weighted by Gasteiger charge is -2.18. The number of benzene rings is 3. The summed E-state index contributed by atoms with van der Waals surface area (Å²) >= 11 is 1.64. The zero-order valence-electron chi connectivity index (χ0n) is 16.3. The van der Waals surface area contributed by atoms with Crippen LogP contribution >= 0.6 is 11.8 Å². The molecule has 2 amide bonds. The van der Waals surface area contributed by atoms with Gasteiger partial charge in [0.1, 0.15) is 6.04 Å². The van der Waals surface area contributed by atoms with Crippen molar-refractivity contribution < 1.29 is 9.59 Å². The predicted molar refractivity (Wildman–Crippen MR) is 121 cm³/mol. The highest BCUT2D eigenvalue weighted by molar-refractivity contribution is 7.98. The maximum absolute atomic E-state index is 12.8. The second kappa shape index (κ2) is 10.5. The summed E-state index contributed by atoms with van der Waals surface area (Å²) in [5.74, 6) is 0.321. The van der Waals surface area contributed by atoms with Crippen LogP contribution in [0.15, 0.2) is 84.9 Å². The molecule has 1 atom stereocenters. The Morgan fingerprint density at radius 1 is 0.828 bits per heavy atom. The average molecular weight is 405 g/mol. The van der Waals surface area contributed by atoms with Gasteiger partial charge in [-0.05, 0) is 53.8 Å². The smallest absolute Gasteiger partial charge is 0.251 e. The first-order chi connectivity index (χ1) is 14.2. The lowest BCUT2D eigenvalue weighted by molar-refractivity contribution is -0.118. The van der Waals surface area contributed by atoms with E-state index < -0.39 is 6.04 Å². The van der Waals surface area contributed by atoms with Gasteiger partial charge in [-0.15, -0.1) is 0 Å². The molecule has 3 aromatic rings. The van der Waals surface area contributed by atoms with Crippen molar-refractivity contribution in [1.29, 1.82) is 0 Å². The molecular formula is C24H24N2O2S. The number of nitrogens with one attached hydrogen (secondary N) is 2. The Bertz CT molecular complexity index is 928. The number of carbonyl (C=O) groups excluding carboxylic acids is 2. The first-order valence-electron chi connectivity index (χ1n) is 9.48. The van der Waals surface area contributed by atoms with Crippen molar-refractivity contribution >= 4 is 29.3 Å². The predicted octanol–water partition coefficient (Wildman–Crippen LogP) is 4.84. The van der Waals surface area contributed by atoms with Crippen LogP contribution in [0.25, 0.3) is 11.1 Å². The quantitative estimate of drug-likeness (QED) is 0.565. The molecule has 3 aromatic carbocycles. The van der Waals surface area contributed by atoms with Gasteiger partial charge in [0.25, 0.3) is 5.91 Å². The van der Waals surface area contributed by atoms with E-state index in [2.05, 4.69) is 10.6 Å². The molecule has 29 heavy (non-hydrogen) atoms. The van der Waals surface area contributed by atoms with Crippen LogP contribution < -0.4 is 10.6 Å². The number of hydrogen-bond acceptors (Lipinski definition) is 3. The minimum Gasteiger partial charge on any atom is -0.340 e. The van der Waals surface area contributed by atoms with E-state index >= 15 is 0 Å². The molecule has 148 valence electrons. The second-order valence-corrected chi connectivity index (χ2v) is 7.59. The van der Waals surface area contributed by atoms with Crippen molar-refractivity contribution in [2.24, 2.45) is 0 Å². The molecule has 0 aliphatic carbocycles. The van der Waals surface area contributed by atoms with Crippen molar-refractivity contribution in [1.82, 2.24) is 5.32 Å². The molecule has 0 radical (unpaired) electrons. The molecule has 0 aliphatic rings. The molecule has 2 N–H and O–H groups in total. The summed E-state index contributed by atoms with van der Waals surface area (Å²) in [4.78, 5) is 25.3. The molecule has 0 unspecified atom stereocenters. The molecule has 0 spiro atoms. The normalized spacial score (nSPS) is 11.5. The van der Waals surface area contributed by atoms with Gasteiger partial charge in [-0.3, -0.25) is 9.59 Å². The summed E-state index contributed by atoms with van der Waals surface area (Å²) in [6, 6.07) is 26.1. The molecule has 0 saturated heterocycles. The summed E-state index contributed by atoms with van der Waals surface area (Å²) in [5.41, 5.74) is 3.46. The first kappa shape index (κ1) is 20.7. The van der Waals surface area contributed by atoms with Gasteiger partial charge in [0.15, 0.2) is 0 Å². The Morgan fingerprint density at radius 3 is 2.03 bits per heavy atom. The largest absolute Gasteiger partial charge is 0.340 e. The summed E-state index contributed by atoms with van der Waals surface area (Å²) in [7, 11) is 0. The van der Waals surface area contributed by atoms with Gasteiger partial charge in [0.05, 0.1) is 0 Å². The highest BCUT2D eigenvalue weighted by Gasteiger charge is 2.21. The fourth-order valence-electron chi connectivity index (χ4n) is 2.94. The molecule has 0 heterocycles. The summed E-state index contributed by atoms with van der Waals surface area (Å²) in [5, 5.41) is 5.78. The monoisotopic (exact) mass is 404 g/mol. The van der Waals surface area contributed by atoms with Crippen molar-refractivity contribution in [3.63, 3.8) is 0 Å². The van der Waals surface area contributed by atoms with E-state index in [1.165, 1.54) is 0 Å². The maximum Gasteiger partial charge on any atom is 0.251 e. The third-order valence-electron chi connectivity index (χ3n) is 4.53. The topological polar surface area (TPSA) is 58.2 Å². The average Bonchev–Trinajstić information content (AvgIpc) is 2.78. The van der Waals surface area contributed by atoms with Gasteiger partial charge in [-0.1, -0.05) is 60.7 Å². The fourth-order valence-corrected chi connectivity index (χ4v) is 3.41. The van der Waals surface area contributed by atoms with Crippen LogP contribution in [0.5, 0.6) is 0 Å². The van der Waals surface area contributed by atoms with Gasteiger partial charge >= 0.3 is 0 Å². The number of thioether (sulfide) groups is 1. The van der Waals surface area contributed by atoms with Crippen molar-refractivity contribution in [2.45, 2.75) is 12.5 Å². The van der Waals surface area contributed by atoms with E-state index in [0.717, 1.165) is 16.9 Å². The van der Waals surface area contributed by atoms with E-state index in [-0.39, 0.29) is 11.8 Å². The Hall–Kier alpha value is -3.05. The Kier molecular flexibility index (Phi) is 7.47. The Labute approximate surface area is 175 Å². The Balaban J connectivity index is 1.67. The number of carbonyl (C=O) groups is 2. The molecule has 0 saturated carbocycles. The first-order valence-corrected chi connectivity index (χ1v) is 10.9. The van der Waals surface area contributed by atoms with E-state index in [1.54, 1.807) is 36.0 Å². The van der Waals surface area contributed by atoms with E-state index in [1.807, 2.05) is 66.9 Å². The number of amides is 2. The third kappa shape index (κ3) is 5.96. The van der Waals surface area contributed by atoms with E-state index in [9.17, 15) is 9.59 Å². The Morgan fingerprint density at radius 2 is 1.41 bits per heavy atom. The van der Waals surface area contributed by atoms with Crippen molar-refractivity contribution in [2.75, 3.05) is 17.3 Å². The summed E-state index contributed by atoms with van der Waals surface area (Å²) in [6.07, 6.45) is 2.55. The van der Waals surface area contributed by atoms with Crippen molar-refractivity contribution in [3.8, 4) is 11.1 Å². The van der Waals surface area contributed by atoms with Crippen LogP contribution in [-0.2, 0) is 4.79 Å². The van der Waals surface area contributed by atoms with Gasteiger partial charge in [-0.25, -0.2) is 0 Å². The van der Waals surface area contributed by atoms with Crippen LogP contribution in [-0.4, -0.2) is 29.9 Å². The van der Waals surface area contributed by atoms with Gasteiger partial charge in [-0.2, -0.15) is 11.8 Å². The van der Waals surface area contributed by atoms with Crippen LogP contribution in [0.4, 0.5) is 5.69 Å². The second-order valence-electron chi connectivity index (χ2n) is 6.61. The fraction of sp³-hybridized carbons (Fsp3) is 0.167. The number of rotatable bonds is 8. The standard InChI is InChI=1S/C24H24N2O2S/c1-29-17-16-22(26-23(27)20-10-6-3-7-11-20)24(28)25-21-14-12-19(13-15-21)18-8-4-2-5-9-18/h2-15,22H,16-17H2,1H3,(H,25,28)(H,26,27)/t22-/m0/s1. The lowest BCUT2D eigenvalue weighted by atomic mass is 10.1. The summed E-state index contributed by atoms with van der Waals surface area (Å²) in [6.45, 7) is 0. The highest BCUT2D eigenvalue weighted by atomic mass is 32.2. The highest BCUT2D eigenvalue weighted by Crippen LogP contribution is 2.21. The van der Waals surface area contributed by atoms with Crippen molar-refractivity contribution in [3.05, 3.63) is 90.5 Å². The summed E-state index contributed by atoms with van der Waals surface area (Å²) < 4.78 is 0.